The van der Waals surface area contributed by atoms with Crippen molar-refractivity contribution in [2.24, 2.45) is 0 Å². The topological polar surface area (TPSA) is 0 Å². The summed E-state index contributed by atoms with van der Waals surface area (Å²) in [7, 11) is 0. The third-order valence-corrected chi connectivity index (χ3v) is 1.33. The molecular formula is C7H6ClLi. The molecule has 0 amide bonds. The molecule has 0 aliphatic rings. The van der Waals surface area contributed by atoms with Crippen molar-refractivity contribution < 1.29 is 18.9 Å². The van der Waals surface area contributed by atoms with Crippen molar-refractivity contribution in [3.05, 3.63) is 41.8 Å². The van der Waals surface area contributed by atoms with Gasteiger partial charge < -0.3 is 0 Å². The minimum Gasteiger partial charge on any atom is -0.197 e. The zero-order chi connectivity index (χ0) is 5.98. The van der Waals surface area contributed by atoms with E-state index in [2.05, 4.69) is 6.92 Å². The molecule has 0 saturated carbocycles. The number of halogens is 1. The Kier molecular flexibility index (Phi) is 3.89. The fourth-order valence-electron chi connectivity index (χ4n) is 0.498. The smallest absolute Gasteiger partial charge is 0.197 e. The van der Waals surface area contributed by atoms with E-state index in [-0.39, 0.29) is 18.9 Å². The van der Waals surface area contributed by atoms with Crippen LogP contribution in [0.4, 0.5) is 0 Å². The number of rotatable bonds is 0. The average molecular weight is 133 g/mol. The molecule has 0 unspecified atom stereocenters. The summed E-state index contributed by atoms with van der Waals surface area (Å²) in [5, 5.41) is 0.729. The quantitative estimate of drug-likeness (QED) is 0.331. The Morgan fingerprint density at radius 1 is 1.22 bits per heavy atom. The Hall–Kier alpha value is -0.0226. The zero-order valence-corrected chi connectivity index (χ0v) is 6.15. The molecule has 0 bridgehead atoms. The second-order valence-corrected chi connectivity index (χ2v) is 2.00. The van der Waals surface area contributed by atoms with Crippen LogP contribution in [-0.4, -0.2) is 0 Å². The fourth-order valence-corrected chi connectivity index (χ4v) is 0.634. The molecule has 0 aliphatic heterocycles. The summed E-state index contributed by atoms with van der Waals surface area (Å²) in [6, 6.07) is 7.50. The molecule has 42 valence electrons. The van der Waals surface area contributed by atoms with Gasteiger partial charge in [0.25, 0.3) is 0 Å². The Morgan fingerprint density at radius 3 is 2.11 bits per heavy atom. The number of benzene rings is 1. The van der Waals surface area contributed by atoms with Crippen LogP contribution in [0, 0.1) is 6.92 Å². The van der Waals surface area contributed by atoms with Crippen LogP contribution in [0.3, 0.4) is 0 Å². The predicted octanol–water partition coefficient (Wildman–Crippen LogP) is -0.474. The molecule has 0 radical (unpaired) electrons. The first-order chi connectivity index (χ1) is 3.80. The van der Waals surface area contributed by atoms with E-state index in [1.54, 1.807) is 0 Å². The van der Waals surface area contributed by atoms with Gasteiger partial charge in [-0.1, -0.05) is 11.1 Å². The van der Waals surface area contributed by atoms with Gasteiger partial charge in [0.1, 0.15) is 0 Å². The molecule has 0 atom stereocenters. The SMILES string of the molecule is [CH2-]c1ccccc1Cl.[Li+]. The molecule has 0 fully saturated rings. The molecule has 0 aromatic heterocycles. The van der Waals surface area contributed by atoms with Gasteiger partial charge in [-0.3, -0.25) is 0 Å². The Morgan fingerprint density at radius 2 is 1.78 bits per heavy atom. The maximum atomic E-state index is 5.65. The second kappa shape index (κ2) is 3.90. The molecule has 1 rings (SSSR count). The van der Waals surface area contributed by atoms with Crippen molar-refractivity contribution in [2.75, 3.05) is 0 Å². The molecule has 9 heavy (non-hydrogen) atoms. The fraction of sp³-hybridized carbons (Fsp3) is 0. The van der Waals surface area contributed by atoms with Gasteiger partial charge >= 0.3 is 18.9 Å². The molecule has 2 heteroatoms. The first-order valence-electron chi connectivity index (χ1n) is 2.37. The van der Waals surface area contributed by atoms with Gasteiger partial charge in [0, 0.05) is 0 Å². The molecular weight excluding hydrogens is 126 g/mol. The summed E-state index contributed by atoms with van der Waals surface area (Å²) in [5.74, 6) is 0. The van der Waals surface area contributed by atoms with Crippen molar-refractivity contribution in [2.45, 2.75) is 0 Å². The largest absolute Gasteiger partial charge is 1.00 e. The van der Waals surface area contributed by atoms with Crippen LogP contribution in [0.2, 0.25) is 5.02 Å². The predicted molar refractivity (Wildman–Crippen MR) is 35.9 cm³/mol. The molecule has 0 nitrogen and oxygen atoms in total. The molecule has 0 heterocycles. The maximum Gasteiger partial charge on any atom is 1.00 e. The van der Waals surface area contributed by atoms with Crippen LogP contribution < -0.4 is 18.9 Å². The van der Waals surface area contributed by atoms with Gasteiger partial charge in [-0.05, 0) is 0 Å². The standard InChI is InChI=1S/C7H6Cl.Li/c1-6-4-2-3-5-7(6)8;/h2-5H,1H2;/q-1;+1. The minimum atomic E-state index is 0. The summed E-state index contributed by atoms with van der Waals surface area (Å²) in [4.78, 5) is 0. The van der Waals surface area contributed by atoms with Crippen molar-refractivity contribution >= 4 is 11.6 Å². The van der Waals surface area contributed by atoms with Gasteiger partial charge in [0.05, 0.1) is 0 Å². The van der Waals surface area contributed by atoms with Crippen molar-refractivity contribution in [3.8, 4) is 0 Å². The number of hydrogen-bond acceptors (Lipinski definition) is 0. The van der Waals surface area contributed by atoms with E-state index in [0.717, 1.165) is 10.6 Å². The summed E-state index contributed by atoms with van der Waals surface area (Å²) < 4.78 is 0. The van der Waals surface area contributed by atoms with E-state index in [4.69, 9.17) is 11.6 Å². The normalized spacial score (nSPS) is 8.11. The first kappa shape index (κ1) is 8.98. The minimum absolute atomic E-state index is 0. The van der Waals surface area contributed by atoms with Crippen LogP contribution in [0.25, 0.3) is 0 Å². The van der Waals surface area contributed by atoms with Gasteiger partial charge in [-0.25, -0.2) is 0 Å². The Bertz CT molecular complexity index is 165. The van der Waals surface area contributed by atoms with Gasteiger partial charge in [0.2, 0.25) is 0 Å². The molecule has 0 N–H and O–H groups in total. The molecule has 0 spiro atoms. The molecule has 0 saturated heterocycles. The van der Waals surface area contributed by atoms with Crippen molar-refractivity contribution in [3.63, 3.8) is 0 Å². The van der Waals surface area contributed by atoms with Crippen LogP contribution in [-0.2, 0) is 0 Å². The summed E-state index contributed by atoms with van der Waals surface area (Å²) >= 11 is 5.65. The summed E-state index contributed by atoms with van der Waals surface area (Å²) in [6.45, 7) is 3.69. The van der Waals surface area contributed by atoms with E-state index >= 15 is 0 Å². The van der Waals surface area contributed by atoms with Gasteiger partial charge in [-0.2, -0.15) is 30.2 Å². The van der Waals surface area contributed by atoms with Crippen LogP contribution >= 0.6 is 11.6 Å². The average Bonchev–Trinajstić information content (AvgIpc) is 1.77. The van der Waals surface area contributed by atoms with E-state index in [1.165, 1.54) is 0 Å². The van der Waals surface area contributed by atoms with Gasteiger partial charge in [-0.15, -0.1) is 12.1 Å². The van der Waals surface area contributed by atoms with Crippen LogP contribution in [0.1, 0.15) is 5.56 Å². The third kappa shape index (κ3) is 2.37. The van der Waals surface area contributed by atoms with E-state index in [1.807, 2.05) is 24.3 Å². The molecule has 1 aromatic carbocycles. The van der Waals surface area contributed by atoms with E-state index in [9.17, 15) is 0 Å². The number of hydrogen-bond donors (Lipinski definition) is 0. The first-order valence-corrected chi connectivity index (χ1v) is 2.75. The summed E-state index contributed by atoms with van der Waals surface area (Å²) in [6.07, 6.45) is 0. The maximum absolute atomic E-state index is 5.65. The van der Waals surface area contributed by atoms with Crippen LogP contribution in [0.5, 0.6) is 0 Å². The van der Waals surface area contributed by atoms with E-state index < -0.39 is 0 Å². The molecule has 1 aromatic rings. The summed E-state index contributed by atoms with van der Waals surface area (Å²) in [5.41, 5.74) is 0.883. The van der Waals surface area contributed by atoms with Crippen molar-refractivity contribution in [1.29, 1.82) is 0 Å². The zero-order valence-electron chi connectivity index (χ0n) is 5.39. The monoisotopic (exact) mass is 132 g/mol. The molecule has 0 aliphatic carbocycles. The van der Waals surface area contributed by atoms with Crippen LogP contribution in [0.15, 0.2) is 24.3 Å². The Labute approximate surface area is 72.4 Å². The third-order valence-electron chi connectivity index (χ3n) is 0.958. The Balaban J connectivity index is 0.000000640. The van der Waals surface area contributed by atoms with Crippen molar-refractivity contribution in [1.82, 2.24) is 0 Å². The second-order valence-electron chi connectivity index (χ2n) is 1.59. The van der Waals surface area contributed by atoms with E-state index in [0.29, 0.717) is 0 Å². The van der Waals surface area contributed by atoms with Gasteiger partial charge in [0.15, 0.2) is 0 Å².